The summed E-state index contributed by atoms with van der Waals surface area (Å²) < 4.78 is 0. The van der Waals surface area contributed by atoms with E-state index in [-0.39, 0.29) is 0 Å². The van der Waals surface area contributed by atoms with Crippen molar-refractivity contribution >= 4 is 18.9 Å². The molecule has 0 aliphatic rings. The van der Waals surface area contributed by atoms with Crippen molar-refractivity contribution in [2.45, 2.75) is 20.3 Å². The monoisotopic (exact) mass is 184 g/mol. The van der Waals surface area contributed by atoms with Crippen molar-refractivity contribution in [1.82, 2.24) is 0 Å². The standard InChI is InChI=1S/C4H6O.C3H6O.C3H4O/c1-2-3-4-5;2*1-2-3-4/h2-4H,1H3;3H,2H2,1H3;2-3H,1H2/b3-2+;;. The lowest BCUT2D eigenvalue weighted by atomic mass is 10.6. The lowest BCUT2D eigenvalue weighted by Crippen LogP contribution is -1.55. The van der Waals surface area contributed by atoms with Gasteiger partial charge < -0.3 is 4.79 Å². The van der Waals surface area contributed by atoms with E-state index in [0.29, 0.717) is 12.7 Å². The number of allylic oxidation sites excluding steroid dienone is 3. The van der Waals surface area contributed by atoms with E-state index in [1.165, 1.54) is 12.2 Å². The summed E-state index contributed by atoms with van der Waals surface area (Å²) in [5, 5.41) is 0. The fourth-order valence-electron chi connectivity index (χ4n) is 0.0786. The van der Waals surface area contributed by atoms with Crippen LogP contribution < -0.4 is 0 Å². The fraction of sp³-hybridized carbons (Fsp3) is 0.300. The second kappa shape index (κ2) is 31.3. The molecule has 0 saturated heterocycles. The normalized spacial score (nSPS) is 6.92. The molecule has 74 valence electrons. The van der Waals surface area contributed by atoms with Gasteiger partial charge in [-0.15, -0.1) is 0 Å². The van der Waals surface area contributed by atoms with E-state index in [1.807, 2.05) is 6.92 Å². The van der Waals surface area contributed by atoms with Gasteiger partial charge in [0.2, 0.25) is 0 Å². The first-order valence-electron chi connectivity index (χ1n) is 3.81. The fourth-order valence-corrected chi connectivity index (χ4v) is 0.0786. The highest BCUT2D eigenvalue weighted by atomic mass is 16.1. The van der Waals surface area contributed by atoms with Gasteiger partial charge in [-0.2, -0.15) is 0 Å². The number of carbonyl (C=O) groups is 3. The SMILES string of the molecule is C/C=C/C=O.C=CC=O.CCC=O. The molecular weight excluding hydrogens is 168 g/mol. The van der Waals surface area contributed by atoms with Crippen LogP contribution in [0.5, 0.6) is 0 Å². The highest BCUT2D eigenvalue weighted by Crippen LogP contribution is 1.55. The molecule has 0 rings (SSSR count). The zero-order valence-corrected chi connectivity index (χ0v) is 8.10. The second-order valence-electron chi connectivity index (χ2n) is 1.61. The molecule has 0 fully saturated rings. The van der Waals surface area contributed by atoms with Crippen molar-refractivity contribution in [3.8, 4) is 0 Å². The molecule has 3 nitrogen and oxygen atoms in total. The average Bonchev–Trinajstić information content (AvgIpc) is 2.20. The number of hydrogen-bond acceptors (Lipinski definition) is 3. The van der Waals surface area contributed by atoms with E-state index >= 15 is 0 Å². The molecule has 0 saturated carbocycles. The van der Waals surface area contributed by atoms with Crippen LogP contribution in [0, 0.1) is 0 Å². The smallest absolute Gasteiger partial charge is 0.142 e. The molecular formula is C10H16O3. The minimum absolute atomic E-state index is 0.639. The minimum Gasteiger partial charge on any atom is -0.303 e. The first-order valence-corrected chi connectivity index (χ1v) is 3.81. The molecule has 0 aromatic rings. The summed E-state index contributed by atoms with van der Waals surface area (Å²) in [7, 11) is 0. The molecule has 0 amide bonds. The molecule has 0 radical (unpaired) electrons. The van der Waals surface area contributed by atoms with Gasteiger partial charge in [0, 0.05) is 6.42 Å². The van der Waals surface area contributed by atoms with Gasteiger partial charge in [0.1, 0.15) is 18.9 Å². The van der Waals surface area contributed by atoms with Gasteiger partial charge in [0.15, 0.2) is 0 Å². The molecule has 0 aromatic carbocycles. The molecule has 0 unspecified atom stereocenters. The van der Waals surface area contributed by atoms with E-state index in [0.717, 1.165) is 12.6 Å². The molecule has 0 aromatic heterocycles. The maximum absolute atomic E-state index is 9.32. The summed E-state index contributed by atoms with van der Waals surface area (Å²) >= 11 is 0. The van der Waals surface area contributed by atoms with E-state index in [4.69, 9.17) is 4.79 Å². The Morgan fingerprint density at radius 2 is 1.54 bits per heavy atom. The molecule has 0 aliphatic heterocycles. The lowest BCUT2D eigenvalue weighted by molar-refractivity contribution is -0.107. The third-order valence-electron chi connectivity index (χ3n) is 0.534. The van der Waals surface area contributed by atoms with Gasteiger partial charge in [-0.25, -0.2) is 0 Å². The van der Waals surface area contributed by atoms with Gasteiger partial charge in [0.05, 0.1) is 0 Å². The molecule has 3 heteroatoms. The van der Waals surface area contributed by atoms with Gasteiger partial charge >= 0.3 is 0 Å². The van der Waals surface area contributed by atoms with E-state index in [1.54, 1.807) is 13.0 Å². The van der Waals surface area contributed by atoms with Crippen LogP contribution in [-0.4, -0.2) is 18.9 Å². The Morgan fingerprint density at radius 1 is 1.15 bits per heavy atom. The Bertz CT molecular complexity index is 142. The van der Waals surface area contributed by atoms with Gasteiger partial charge in [-0.05, 0) is 19.1 Å². The maximum atomic E-state index is 9.32. The Labute approximate surface area is 79.1 Å². The molecule has 0 aliphatic carbocycles. The Morgan fingerprint density at radius 3 is 1.54 bits per heavy atom. The zero-order valence-electron chi connectivity index (χ0n) is 8.10. The second-order valence-corrected chi connectivity index (χ2v) is 1.61. The number of aldehydes is 3. The van der Waals surface area contributed by atoms with Crippen LogP contribution >= 0.6 is 0 Å². The van der Waals surface area contributed by atoms with Crippen LogP contribution in [0.15, 0.2) is 24.8 Å². The highest BCUT2D eigenvalue weighted by Gasteiger charge is 1.52. The summed E-state index contributed by atoms with van der Waals surface area (Å²) in [4.78, 5) is 27.5. The molecule has 0 N–H and O–H groups in total. The van der Waals surface area contributed by atoms with E-state index < -0.39 is 0 Å². The molecule has 13 heavy (non-hydrogen) atoms. The largest absolute Gasteiger partial charge is 0.303 e. The van der Waals surface area contributed by atoms with Crippen molar-refractivity contribution in [1.29, 1.82) is 0 Å². The minimum atomic E-state index is 0.639. The Hall–Kier alpha value is -1.51. The molecule has 0 spiro atoms. The van der Waals surface area contributed by atoms with Gasteiger partial charge in [-0.3, -0.25) is 9.59 Å². The molecule has 0 bridgehead atoms. The lowest BCUT2D eigenvalue weighted by Gasteiger charge is -1.51. The number of rotatable bonds is 3. The topological polar surface area (TPSA) is 51.2 Å². The summed E-state index contributed by atoms with van der Waals surface area (Å²) in [6, 6.07) is 0. The van der Waals surface area contributed by atoms with Crippen molar-refractivity contribution < 1.29 is 14.4 Å². The van der Waals surface area contributed by atoms with Crippen molar-refractivity contribution in [2.24, 2.45) is 0 Å². The van der Waals surface area contributed by atoms with Gasteiger partial charge in [-0.1, -0.05) is 19.6 Å². The van der Waals surface area contributed by atoms with Crippen LogP contribution in [-0.2, 0) is 14.4 Å². The zero-order chi connectivity index (χ0) is 10.9. The van der Waals surface area contributed by atoms with Crippen LogP contribution in [0.4, 0.5) is 0 Å². The Kier molecular flexibility index (Phi) is 42.3. The average molecular weight is 184 g/mol. The van der Waals surface area contributed by atoms with E-state index in [2.05, 4.69) is 6.58 Å². The first-order chi connectivity index (χ1) is 6.24. The van der Waals surface area contributed by atoms with E-state index in [9.17, 15) is 9.59 Å². The maximum Gasteiger partial charge on any atom is 0.142 e. The summed E-state index contributed by atoms with van der Waals surface area (Å²) in [5.41, 5.74) is 0. The van der Waals surface area contributed by atoms with Crippen molar-refractivity contribution in [3.05, 3.63) is 24.8 Å². The number of carbonyl (C=O) groups excluding carboxylic acids is 3. The summed E-state index contributed by atoms with van der Waals surface area (Å²) in [6.45, 7) is 6.72. The van der Waals surface area contributed by atoms with Crippen LogP contribution in [0.25, 0.3) is 0 Å². The predicted octanol–water partition coefficient (Wildman–Crippen LogP) is 1.73. The first kappa shape index (κ1) is 17.5. The predicted molar refractivity (Wildman–Crippen MR) is 53.5 cm³/mol. The number of hydrogen-bond donors (Lipinski definition) is 0. The Balaban J connectivity index is -0.000000117. The van der Waals surface area contributed by atoms with Crippen LogP contribution in [0.3, 0.4) is 0 Å². The molecule has 0 atom stereocenters. The van der Waals surface area contributed by atoms with Crippen molar-refractivity contribution in [2.75, 3.05) is 0 Å². The highest BCUT2D eigenvalue weighted by molar-refractivity contribution is 5.64. The molecule has 0 heterocycles. The summed E-state index contributed by atoms with van der Waals surface area (Å²) in [6.07, 6.45) is 7.23. The third-order valence-corrected chi connectivity index (χ3v) is 0.534. The van der Waals surface area contributed by atoms with Crippen LogP contribution in [0.1, 0.15) is 20.3 Å². The summed E-state index contributed by atoms with van der Waals surface area (Å²) in [5.74, 6) is 0. The van der Waals surface area contributed by atoms with Crippen molar-refractivity contribution in [3.63, 3.8) is 0 Å². The third kappa shape index (κ3) is 122. The van der Waals surface area contributed by atoms with Gasteiger partial charge in [0.25, 0.3) is 0 Å². The van der Waals surface area contributed by atoms with Crippen LogP contribution in [0.2, 0.25) is 0 Å². The quantitative estimate of drug-likeness (QED) is 0.495.